The van der Waals surface area contributed by atoms with Crippen LogP contribution in [0, 0.1) is 23.7 Å². The molecule has 2 bridgehead atoms. The van der Waals surface area contributed by atoms with Crippen molar-refractivity contribution < 1.29 is 4.74 Å². The van der Waals surface area contributed by atoms with Gasteiger partial charge >= 0.3 is 0 Å². The Morgan fingerprint density at radius 2 is 1.66 bits per heavy atom. The smallest absolute Gasteiger partial charge is 0.122 e. The zero-order valence-electron chi connectivity index (χ0n) is 17.4. The molecule has 2 aromatic carbocycles. The first-order valence-electron chi connectivity index (χ1n) is 11.3. The van der Waals surface area contributed by atoms with E-state index in [1.54, 1.807) is 7.11 Å². The number of fused-ring (bicyclic) bond motifs is 2. The number of piperidine rings is 1. The number of rotatable bonds is 3. The van der Waals surface area contributed by atoms with Crippen LogP contribution in [0.3, 0.4) is 0 Å². The van der Waals surface area contributed by atoms with Crippen molar-refractivity contribution in [1.29, 1.82) is 0 Å². The lowest BCUT2D eigenvalue weighted by atomic mass is 9.85. The first-order valence-corrected chi connectivity index (χ1v) is 11.3. The summed E-state index contributed by atoms with van der Waals surface area (Å²) in [6.07, 6.45) is 8.40. The molecule has 2 aromatic rings. The summed E-state index contributed by atoms with van der Waals surface area (Å²) in [6, 6.07) is 17.5. The van der Waals surface area contributed by atoms with E-state index in [1.165, 1.54) is 57.2 Å². The number of methoxy groups -OCH3 is 1. The van der Waals surface area contributed by atoms with Gasteiger partial charge in [-0.2, -0.15) is 0 Å². The molecule has 29 heavy (non-hydrogen) atoms. The van der Waals surface area contributed by atoms with E-state index < -0.39 is 0 Å². The minimum atomic E-state index is 0.582. The van der Waals surface area contributed by atoms with Gasteiger partial charge in [0.15, 0.2) is 0 Å². The van der Waals surface area contributed by atoms with Gasteiger partial charge in [0.2, 0.25) is 0 Å². The van der Waals surface area contributed by atoms with Crippen molar-refractivity contribution in [3.63, 3.8) is 0 Å². The lowest BCUT2D eigenvalue weighted by Gasteiger charge is -2.40. The van der Waals surface area contributed by atoms with Crippen LogP contribution in [0.25, 0.3) is 0 Å². The first kappa shape index (κ1) is 18.8. The van der Waals surface area contributed by atoms with Crippen LogP contribution in [0.4, 0.5) is 0 Å². The maximum atomic E-state index is 5.72. The minimum absolute atomic E-state index is 0.582. The topological polar surface area (TPSA) is 12.5 Å². The standard InChI is InChI=1S/C27H31NO/c1-29-27-12-10-21(8-7-20-5-3-2-4-6-20)18-25(27)23-13-15-28(16-14-23)26-19-22-9-11-24(26)17-22/h2-6,10,12,18,22-24,26H,9,11,13-17,19H2,1H3/t22-,24-,26+/m0/s1. The molecule has 0 spiro atoms. The molecule has 2 nitrogen and oxygen atoms in total. The van der Waals surface area contributed by atoms with E-state index in [0.29, 0.717) is 5.92 Å². The molecule has 0 N–H and O–H groups in total. The average Bonchev–Trinajstić information content (AvgIpc) is 3.42. The van der Waals surface area contributed by atoms with E-state index >= 15 is 0 Å². The predicted octanol–water partition coefficient (Wildman–Crippen LogP) is 5.46. The van der Waals surface area contributed by atoms with Crippen LogP contribution in [0.1, 0.15) is 61.1 Å². The molecule has 2 heteroatoms. The van der Waals surface area contributed by atoms with Crippen molar-refractivity contribution in [2.45, 2.75) is 50.5 Å². The highest BCUT2D eigenvalue weighted by Crippen LogP contribution is 2.48. The fourth-order valence-corrected chi connectivity index (χ4v) is 6.00. The Balaban J connectivity index is 1.29. The molecule has 1 saturated heterocycles. The molecule has 2 saturated carbocycles. The van der Waals surface area contributed by atoms with Crippen LogP contribution in [0.5, 0.6) is 5.75 Å². The van der Waals surface area contributed by atoms with E-state index in [2.05, 4.69) is 47.1 Å². The largest absolute Gasteiger partial charge is 0.496 e. The quantitative estimate of drug-likeness (QED) is 0.650. The van der Waals surface area contributed by atoms with Crippen LogP contribution in [-0.4, -0.2) is 31.1 Å². The summed E-state index contributed by atoms with van der Waals surface area (Å²) < 4.78 is 5.72. The van der Waals surface area contributed by atoms with Crippen LogP contribution < -0.4 is 4.74 Å². The highest BCUT2D eigenvalue weighted by molar-refractivity contribution is 5.48. The van der Waals surface area contributed by atoms with Gasteiger partial charge in [-0.3, -0.25) is 0 Å². The molecule has 5 rings (SSSR count). The predicted molar refractivity (Wildman–Crippen MR) is 118 cm³/mol. The van der Waals surface area contributed by atoms with Gasteiger partial charge in [-0.1, -0.05) is 36.5 Å². The summed E-state index contributed by atoms with van der Waals surface area (Å²) >= 11 is 0. The molecule has 0 radical (unpaired) electrons. The van der Waals surface area contributed by atoms with Gasteiger partial charge in [0.25, 0.3) is 0 Å². The minimum Gasteiger partial charge on any atom is -0.496 e. The summed E-state index contributed by atoms with van der Waals surface area (Å²) in [7, 11) is 1.79. The second-order valence-corrected chi connectivity index (χ2v) is 9.13. The SMILES string of the molecule is COc1ccc(C#Cc2ccccc2)cc1C1CCN([C@@H]2C[C@H]3CC[C@H]2C3)CC1. The monoisotopic (exact) mass is 385 g/mol. The van der Waals surface area contributed by atoms with E-state index in [1.807, 2.05) is 18.2 Å². The van der Waals surface area contributed by atoms with E-state index in [9.17, 15) is 0 Å². The van der Waals surface area contributed by atoms with Crippen molar-refractivity contribution in [3.8, 4) is 17.6 Å². The number of hydrogen-bond acceptors (Lipinski definition) is 2. The number of hydrogen-bond donors (Lipinski definition) is 0. The number of benzene rings is 2. The second-order valence-electron chi connectivity index (χ2n) is 9.13. The molecular formula is C27H31NO. The Morgan fingerprint density at radius 3 is 2.34 bits per heavy atom. The Kier molecular flexibility index (Phi) is 5.34. The highest BCUT2D eigenvalue weighted by atomic mass is 16.5. The molecular weight excluding hydrogens is 354 g/mol. The van der Waals surface area contributed by atoms with E-state index in [-0.39, 0.29) is 0 Å². The number of nitrogens with zero attached hydrogens (tertiary/aromatic N) is 1. The Labute approximate surface area is 175 Å². The zero-order chi connectivity index (χ0) is 19.6. The number of likely N-dealkylation sites (tertiary alicyclic amines) is 1. The summed E-state index contributed by atoms with van der Waals surface area (Å²) in [5, 5.41) is 0. The van der Waals surface area contributed by atoms with Gasteiger partial charge in [-0.05, 0) is 98.8 Å². The van der Waals surface area contributed by atoms with Crippen molar-refractivity contribution in [1.82, 2.24) is 4.90 Å². The van der Waals surface area contributed by atoms with Crippen molar-refractivity contribution >= 4 is 0 Å². The van der Waals surface area contributed by atoms with E-state index in [4.69, 9.17) is 4.74 Å². The van der Waals surface area contributed by atoms with Gasteiger partial charge in [0.1, 0.15) is 5.75 Å². The molecule has 0 amide bonds. The fourth-order valence-electron chi connectivity index (χ4n) is 6.00. The average molecular weight is 386 g/mol. The molecule has 3 aliphatic rings. The van der Waals surface area contributed by atoms with Crippen LogP contribution >= 0.6 is 0 Å². The number of ether oxygens (including phenoxy) is 1. The van der Waals surface area contributed by atoms with Crippen molar-refractivity contribution in [3.05, 3.63) is 65.2 Å². The third-order valence-corrected chi connectivity index (χ3v) is 7.49. The Hall–Kier alpha value is -2.24. The highest BCUT2D eigenvalue weighted by Gasteiger charge is 2.43. The molecule has 3 fully saturated rings. The Morgan fingerprint density at radius 1 is 0.862 bits per heavy atom. The maximum Gasteiger partial charge on any atom is 0.122 e. The van der Waals surface area contributed by atoms with Gasteiger partial charge in [-0.15, -0.1) is 0 Å². The molecule has 150 valence electrons. The van der Waals surface area contributed by atoms with Crippen molar-refractivity contribution in [2.24, 2.45) is 11.8 Å². The summed E-state index contributed by atoms with van der Waals surface area (Å²) in [5.74, 6) is 10.3. The lowest BCUT2D eigenvalue weighted by molar-refractivity contribution is 0.110. The molecule has 1 aliphatic heterocycles. The third-order valence-electron chi connectivity index (χ3n) is 7.49. The Bertz CT molecular complexity index is 901. The first-order chi connectivity index (χ1) is 14.3. The summed E-state index contributed by atoms with van der Waals surface area (Å²) in [5.41, 5.74) is 3.49. The lowest BCUT2D eigenvalue weighted by Crippen LogP contribution is -2.43. The van der Waals surface area contributed by atoms with Crippen LogP contribution in [0.2, 0.25) is 0 Å². The van der Waals surface area contributed by atoms with Gasteiger partial charge < -0.3 is 9.64 Å². The van der Waals surface area contributed by atoms with Crippen molar-refractivity contribution in [2.75, 3.05) is 20.2 Å². The molecule has 2 aliphatic carbocycles. The molecule has 3 atom stereocenters. The molecule has 1 heterocycles. The molecule has 0 aromatic heterocycles. The fraction of sp³-hybridized carbons (Fsp3) is 0.481. The van der Waals surface area contributed by atoms with Crippen LogP contribution in [-0.2, 0) is 0 Å². The molecule has 0 unspecified atom stereocenters. The zero-order valence-corrected chi connectivity index (χ0v) is 17.4. The van der Waals surface area contributed by atoms with Gasteiger partial charge in [0, 0.05) is 17.2 Å². The second kappa shape index (κ2) is 8.25. The maximum absolute atomic E-state index is 5.72. The summed E-state index contributed by atoms with van der Waals surface area (Å²) in [4.78, 5) is 2.81. The van der Waals surface area contributed by atoms with Gasteiger partial charge in [-0.25, -0.2) is 0 Å². The van der Waals surface area contributed by atoms with Crippen LogP contribution in [0.15, 0.2) is 48.5 Å². The summed E-state index contributed by atoms with van der Waals surface area (Å²) in [6.45, 7) is 2.48. The normalized spacial score (nSPS) is 26.9. The van der Waals surface area contributed by atoms with Gasteiger partial charge in [0.05, 0.1) is 7.11 Å². The van der Waals surface area contributed by atoms with E-state index in [0.717, 1.165) is 34.8 Å². The third kappa shape index (κ3) is 3.94.